The van der Waals surface area contributed by atoms with E-state index < -0.39 is 11.2 Å². The second-order valence-electron chi connectivity index (χ2n) is 6.89. The molecule has 0 spiro atoms. The summed E-state index contributed by atoms with van der Waals surface area (Å²) in [4.78, 5) is 13.2. The van der Waals surface area contributed by atoms with E-state index in [4.69, 9.17) is 0 Å². The maximum absolute atomic E-state index is 11.8. The van der Waals surface area contributed by atoms with Gasteiger partial charge in [0.15, 0.2) is 11.7 Å². The minimum Gasteiger partial charge on any atom is -0.515 e. The number of aliphatic hydroxyl groups is 1. The molecule has 0 saturated heterocycles. The number of allylic oxidation sites excluding steroid dienone is 2. The van der Waals surface area contributed by atoms with E-state index in [0.717, 1.165) is 12.0 Å². The fraction of sp³-hybridized carbons (Fsp3) is 0.562. The van der Waals surface area contributed by atoms with Crippen LogP contribution in [-0.2, 0) is 16.0 Å². The standard InChI is InChI=1S/C16H27N5O3S/c1-11(8-7-9-12(10-22)15(23)21(5)6)17-13-14(18-16(2,3)4)20-25(24)19-13/h8,10,22H,7,9H2,1-6H3,(H,17,19)(H,18,20)/b11-8+,12-10-. The lowest BCUT2D eigenvalue weighted by Gasteiger charge is -2.22. The molecular formula is C16H27N5O3S. The van der Waals surface area contributed by atoms with Gasteiger partial charge in [0.1, 0.15) is 0 Å². The van der Waals surface area contributed by atoms with E-state index in [-0.39, 0.29) is 11.4 Å². The number of nitrogens with one attached hydrogen (secondary N) is 2. The lowest BCUT2D eigenvalue weighted by molar-refractivity contribution is -0.125. The smallest absolute Gasteiger partial charge is 0.269 e. The van der Waals surface area contributed by atoms with Crippen LogP contribution < -0.4 is 10.6 Å². The summed E-state index contributed by atoms with van der Waals surface area (Å²) < 4.78 is 19.5. The highest BCUT2D eigenvalue weighted by molar-refractivity contribution is 7.83. The summed E-state index contributed by atoms with van der Waals surface area (Å²) in [7, 11) is 3.27. The number of carbonyl (C=O) groups excluding carboxylic acids is 1. The first-order chi connectivity index (χ1) is 11.5. The van der Waals surface area contributed by atoms with Gasteiger partial charge in [0, 0.05) is 25.3 Å². The average Bonchev–Trinajstić information content (AvgIpc) is 2.80. The first-order valence-electron chi connectivity index (χ1n) is 7.90. The molecule has 0 saturated carbocycles. The van der Waals surface area contributed by atoms with Crippen LogP contribution in [0.25, 0.3) is 0 Å². The van der Waals surface area contributed by atoms with Crippen molar-refractivity contribution in [3.63, 3.8) is 0 Å². The summed E-state index contributed by atoms with van der Waals surface area (Å²) in [6, 6.07) is 0. The third-order valence-corrected chi connectivity index (χ3v) is 3.75. The Morgan fingerprint density at radius 3 is 2.40 bits per heavy atom. The monoisotopic (exact) mass is 369 g/mol. The normalized spacial score (nSPS) is 18.6. The fourth-order valence-electron chi connectivity index (χ4n) is 1.98. The highest BCUT2D eigenvalue weighted by Crippen LogP contribution is 2.10. The summed E-state index contributed by atoms with van der Waals surface area (Å²) in [5.74, 6) is 0.655. The summed E-state index contributed by atoms with van der Waals surface area (Å²) in [6.45, 7) is 7.76. The van der Waals surface area contributed by atoms with E-state index >= 15 is 0 Å². The van der Waals surface area contributed by atoms with E-state index in [0.29, 0.717) is 30.1 Å². The lowest BCUT2D eigenvalue weighted by Crippen LogP contribution is -2.46. The predicted octanol–water partition coefficient (Wildman–Crippen LogP) is 1.57. The number of carbonyl (C=O) groups is 1. The highest BCUT2D eigenvalue weighted by Gasteiger charge is 2.23. The molecule has 0 aromatic carbocycles. The molecule has 0 fully saturated rings. The Labute approximate surface area is 151 Å². The van der Waals surface area contributed by atoms with Crippen LogP contribution in [-0.4, -0.2) is 51.4 Å². The number of hydrogen-bond donors (Lipinski definition) is 3. The lowest BCUT2D eigenvalue weighted by atomic mass is 10.1. The van der Waals surface area contributed by atoms with Crippen molar-refractivity contribution in [1.29, 1.82) is 0 Å². The van der Waals surface area contributed by atoms with Crippen LogP contribution in [0.4, 0.5) is 0 Å². The molecule has 3 N–H and O–H groups in total. The van der Waals surface area contributed by atoms with Crippen molar-refractivity contribution in [3.05, 3.63) is 23.6 Å². The molecule has 1 amide bonds. The first-order valence-corrected chi connectivity index (χ1v) is 8.96. The van der Waals surface area contributed by atoms with Gasteiger partial charge in [-0.1, -0.05) is 6.08 Å². The molecule has 1 heterocycles. The fourth-order valence-corrected chi connectivity index (χ4v) is 2.60. The van der Waals surface area contributed by atoms with E-state index in [1.165, 1.54) is 4.90 Å². The van der Waals surface area contributed by atoms with Gasteiger partial charge in [-0.15, -0.1) is 8.80 Å². The topological polar surface area (TPSA) is 106 Å². The van der Waals surface area contributed by atoms with Gasteiger partial charge >= 0.3 is 0 Å². The molecular weight excluding hydrogens is 342 g/mol. The summed E-state index contributed by atoms with van der Waals surface area (Å²) >= 11 is -1.63. The molecule has 140 valence electrons. The number of rotatable bonds is 5. The van der Waals surface area contributed by atoms with E-state index in [9.17, 15) is 14.1 Å². The molecule has 0 aromatic heterocycles. The molecule has 1 rings (SSSR count). The third-order valence-electron chi connectivity index (χ3n) is 3.07. The molecule has 0 aromatic rings. The van der Waals surface area contributed by atoms with Gasteiger partial charge in [0.25, 0.3) is 17.1 Å². The van der Waals surface area contributed by atoms with E-state index in [1.54, 1.807) is 14.1 Å². The largest absolute Gasteiger partial charge is 0.515 e. The molecule has 0 radical (unpaired) electrons. The zero-order valence-corrected chi connectivity index (χ0v) is 16.4. The minimum atomic E-state index is -1.63. The first kappa shape index (κ1) is 20.9. The molecule has 0 aliphatic carbocycles. The van der Waals surface area contributed by atoms with Gasteiger partial charge in [0.05, 0.1) is 11.8 Å². The van der Waals surface area contributed by atoms with Crippen molar-refractivity contribution in [2.45, 2.75) is 46.1 Å². The second-order valence-corrected chi connectivity index (χ2v) is 7.72. The molecule has 0 bridgehead atoms. The highest BCUT2D eigenvalue weighted by atomic mass is 32.2. The van der Waals surface area contributed by atoms with Crippen molar-refractivity contribution in [1.82, 2.24) is 15.5 Å². The van der Waals surface area contributed by atoms with Crippen LogP contribution in [0.5, 0.6) is 0 Å². The van der Waals surface area contributed by atoms with Gasteiger partial charge in [-0.05, 0) is 40.5 Å². The summed E-state index contributed by atoms with van der Waals surface area (Å²) in [6.07, 6.45) is 3.69. The van der Waals surface area contributed by atoms with Crippen LogP contribution in [0.1, 0.15) is 40.5 Å². The Bertz CT molecular complexity index is 657. The molecule has 1 aliphatic rings. The van der Waals surface area contributed by atoms with Crippen LogP contribution in [0.3, 0.4) is 0 Å². The van der Waals surface area contributed by atoms with Crippen molar-refractivity contribution < 1.29 is 14.1 Å². The number of likely N-dealkylation sites (N-methyl/N-ethyl adjacent to an activating group) is 1. The summed E-state index contributed by atoms with van der Waals surface area (Å²) in [5, 5.41) is 15.4. The Hall–Kier alpha value is -2.16. The third kappa shape index (κ3) is 7.08. The van der Waals surface area contributed by atoms with Gasteiger partial charge in [-0.25, -0.2) is 4.21 Å². The molecule has 25 heavy (non-hydrogen) atoms. The number of amides is 1. The van der Waals surface area contributed by atoms with Crippen molar-refractivity contribution >= 4 is 28.8 Å². The SMILES string of the molecule is C/C(=C\CC/C(=C/O)C(=O)N(C)C)NC1=NS(=O)N=C1NC(C)(C)C. The zero-order valence-electron chi connectivity index (χ0n) is 15.6. The van der Waals surface area contributed by atoms with Gasteiger partial charge in [0.2, 0.25) is 0 Å². The predicted molar refractivity (Wildman–Crippen MR) is 101 cm³/mol. The van der Waals surface area contributed by atoms with Crippen molar-refractivity contribution in [2.75, 3.05) is 14.1 Å². The molecule has 1 atom stereocenters. The number of hydrogen-bond acceptors (Lipinski definition) is 5. The maximum Gasteiger partial charge on any atom is 0.269 e. The molecule has 1 aliphatic heterocycles. The quantitative estimate of drug-likeness (QED) is 0.504. The van der Waals surface area contributed by atoms with Crippen LogP contribution in [0, 0.1) is 0 Å². The Kier molecular flexibility index (Phi) is 7.35. The molecule has 9 heteroatoms. The Balaban J connectivity index is 2.66. The van der Waals surface area contributed by atoms with Gasteiger partial charge in [-0.2, -0.15) is 0 Å². The van der Waals surface area contributed by atoms with Gasteiger partial charge in [-0.3, -0.25) is 4.79 Å². The van der Waals surface area contributed by atoms with E-state index in [2.05, 4.69) is 19.4 Å². The van der Waals surface area contributed by atoms with Crippen LogP contribution in [0.2, 0.25) is 0 Å². The Morgan fingerprint density at radius 2 is 1.88 bits per heavy atom. The number of aliphatic hydroxyl groups excluding tert-OH is 1. The summed E-state index contributed by atoms with van der Waals surface area (Å²) in [5.41, 5.74) is 0.890. The number of nitrogens with zero attached hydrogens (tertiary/aromatic N) is 3. The maximum atomic E-state index is 11.8. The van der Waals surface area contributed by atoms with Crippen LogP contribution in [0.15, 0.2) is 32.4 Å². The number of amidine groups is 2. The van der Waals surface area contributed by atoms with Crippen LogP contribution >= 0.6 is 0 Å². The van der Waals surface area contributed by atoms with Crippen molar-refractivity contribution in [2.24, 2.45) is 8.80 Å². The van der Waals surface area contributed by atoms with Gasteiger partial charge < -0.3 is 20.6 Å². The minimum absolute atomic E-state index is 0.221. The zero-order chi connectivity index (χ0) is 19.2. The Morgan fingerprint density at radius 1 is 1.28 bits per heavy atom. The molecule has 1 unspecified atom stereocenters. The molecule has 8 nitrogen and oxygen atoms in total. The van der Waals surface area contributed by atoms with Crippen molar-refractivity contribution in [3.8, 4) is 0 Å². The van der Waals surface area contributed by atoms with E-state index in [1.807, 2.05) is 33.8 Å². The average molecular weight is 369 g/mol. The second kappa shape index (κ2) is 8.80.